The average Bonchev–Trinajstić information content (AvgIpc) is 3.01. The second kappa shape index (κ2) is 8.32. The van der Waals surface area contributed by atoms with Crippen LogP contribution in [0, 0.1) is 12.3 Å². The summed E-state index contributed by atoms with van der Waals surface area (Å²) in [7, 11) is 0. The number of carbonyl (C=O) groups is 1. The van der Waals surface area contributed by atoms with Crippen molar-refractivity contribution in [3.05, 3.63) is 46.4 Å². The second-order valence-electron chi connectivity index (χ2n) is 8.49. The molecule has 1 atom stereocenters. The minimum atomic E-state index is -0.936. The van der Waals surface area contributed by atoms with E-state index in [0.29, 0.717) is 22.4 Å². The molecule has 4 rings (SSSR count). The summed E-state index contributed by atoms with van der Waals surface area (Å²) in [4.78, 5) is 12.7. The number of amides is 1. The molecule has 32 heavy (non-hydrogen) atoms. The lowest BCUT2D eigenvalue weighted by Crippen LogP contribution is -2.35. The first-order valence-corrected chi connectivity index (χ1v) is 10.8. The molecule has 0 saturated carbocycles. The predicted molar refractivity (Wildman–Crippen MR) is 125 cm³/mol. The van der Waals surface area contributed by atoms with Crippen LogP contribution < -0.4 is 9.47 Å². The number of ether oxygens (including phenoxy) is 2. The normalized spacial score (nSPS) is 15.8. The number of carbonyl (C=O) groups excluding carboxylic acids is 1. The van der Waals surface area contributed by atoms with Crippen molar-refractivity contribution in [2.75, 3.05) is 6.61 Å². The van der Waals surface area contributed by atoms with Crippen molar-refractivity contribution in [3.63, 3.8) is 0 Å². The van der Waals surface area contributed by atoms with Gasteiger partial charge in [0.05, 0.1) is 12.1 Å². The number of fused-ring (bicyclic) bond motifs is 2. The summed E-state index contributed by atoms with van der Waals surface area (Å²) >= 11 is 3.41. The number of aromatic nitrogens is 1. The van der Waals surface area contributed by atoms with Gasteiger partial charge in [0.15, 0.2) is 17.2 Å². The van der Waals surface area contributed by atoms with Crippen molar-refractivity contribution < 1.29 is 19.4 Å². The van der Waals surface area contributed by atoms with E-state index in [0.717, 1.165) is 10.0 Å². The molecule has 1 aromatic heterocycles. The van der Waals surface area contributed by atoms with Gasteiger partial charge < -0.3 is 14.6 Å². The van der Waals surface area contributed by atoms with Gasteiger partial charge in [-0.3, -0.25) is 9.36 Å². The van der Waals surface area contributed by atoms with Gasteiger partial charge in [-0.05, 0) is 41.3 Å². The van der Waals surface area contributed by atoms with Crippen LogP contribution in [0.1, 0.15) is 26.3 Å². The van der Waals surface area contributed by atoms with Gasteiger partial charge in [0.2, 0.25) is 12.0 Å². The molecule has 2 aromatic carbocycles. The van der Waals surface area contributed by atoms with Crippen molar-refractivity contribution in [3.8, 4) is 29.7 Å². The van der Waals surface area contributed by atoms with Crippen LogP contribution in [0.3, 0.4) is 0 Å². The summed E-state index contributed by atoms with van der Waals surface area (Å²) in [5, 5.41) is 19.1. The van der Waals surface area contributed by atoms with Crippen LogP contribution in [0.25, 0.3) is 10.9 Å². The summed E-state index contributed by atoms with van der Waals surface area (Å²) in [5.41, 5.74) is 1.84. The van der Waals surface area contributed by atoms with Gasteiger partial charge in [-0.15, -0.1) is 16.7 Å². The Bertz CT molecular complexity index is 1280. The molecule has 1 N–H and O–H groups in total. The maximum absolute atomic E-state index is 12.7. The van der Waals surface area contributed by atoms with Gasteiger partial charge in [0.25, 0.3) is 0 Å². The van der Waals surface area contributed by atoms with Crippen LogP contribution in [-0.4, -0.2) is 28.3 Å². The van der Waals surface area contributed by atoms with Gasteiger partial charge in [0, 0.05) is 9.86 Å². The van der Waals surface area contributed by atoms with Gasteiger partial charge in [0.1, 0.15) is 6.61 Å². The highest BCUT2D eigenvalue weighted by molar-refractivity contribution is 9.10. The van der Waals surface area contributed by atoms with E-state index in [-0.39, 0.29) is 30.1 Å². The molecule has 0 aliphatic carbocycles. The molecule has 1 aliphatic heterocycles. The van der Waals surface area contributed by atoms with Crippen LogP contribution >= 0.6 is 15.9 Å². The molecule has 164 valence electrons. The van der Waals surface area contributed by atoms with Gasteiger partial charge in [-0.1, -0.05) is 48.7 Å². The third kappa shape index (κ3) is 4.08. The predicted octanol–water partition coefficient (Wildman–Crippen LogP) is 5.49. The zero-order chi connectivity index (χ0) is 23.0. The highest BCUT2D eigenvalue weighted by Gasteiger charge is 2.29. The number of terminal acetylenes is 1. The van der Waals surface area contributed by atoms with Crippen molar-refractivity contribution in [1.82, 2.24) is 4.57 Å². The maximum atomic E-state index is 12.7. The number of halogens is 1. The topological polar surface area (TPSA) is 85.4 Å². The van der Waals surface area contributed by atoms with Gasteiger partial charge in [-0.25, -0.2) is 0 Å². The largest absolute Gasteiger partial charge is 0.493 e. The van der Waals surface area contributed by atoms with Crippen LogP contribution in [-0.2, 0) is 16.8 Å². The molecule has 3 aromatic rings. The number of aromatic hydroxyl groups is 1. The Kier molecular flexibility index (Phi) is 5.70. The van der Waals surface area contributed by atoms with Gasteiger partial charge in [-0.2, -0.15) is 0 Å². The van der Waals surface area contributed by atoms with Crippen LogP contribution in [0.5, 0.6) is 17.4 Å². The van der Waals surface area contributed by atoms with Crippen molar-refractivity contribution in [1.29, 1.82) is 0 Å². The number of benzene rings is 2. The third-order valence-electron chi connectivity index (χ3n) is 5.21. The number of nitrogens with zero attached hydrogens (tertiary/aromatic N) is 3. The lowest BCUT2D eigenvalue weighted by molar-refractivity contribution is -0.127. The molecule has 0 fully saturated rings. The minimum absolute atomic E-state index is 0.0239. The highest BCUT2D eigenvalue weighted by Crippen LogP contribution is 2.40. The lowest BCUT2D eigenvalue weighted by atomic mass is 9.87. The summed E-state index contributed by atoms with van der Waals surface area (Å²) in [6.07, 6.45) is 4.49. The summed E-state index contributed by atoms with van der Waals surface area (Å²) < 4.78 is 13.9. The zero-order valence-corrected chi connectivity index (χ0v) is 19.5. The summed E-state index contributed by atoms with van der Waals surface area (Å²) in [6, 6.07) is 11.1. The molecule has 2 heterocycles. The Hall–Kier alpha value is -3.31. The van der Waals surface area contributed by atoms with Crippen molar-refractivity contribution >= 4 is 38.4 Å². The smallest absolute Gasteiger partial charge is 0.308 e. The molecule has 1 unspecified atom stereocenters. The van der Waals surface area contributed by atoms with E-state index in [9.17, 15) is 9.90 Å². The Labute approximate surface area is 194 Å². The van der Waals surface area contributed by atoms with E-state index >= 15 is 0 Å². The molecule has 0 spiro atoms. The van der Waals surface area contributed by atoms with E-state index in [2.05, 4.69) is 52.9 Å². The summed E-state index contributed by atoms with van der Waals surface area (Å²) in [5.74, 6) is 2.81. The molecule has 7 nitrogen and oxygen atoms in total. The average molecular weight is 496 g/mol. The number of azo groups is 1. The zero-order valence-electron chi connectivity index (χ0n) is 17.9. The molecule has 1 amide bonds. The van der Waals surface area contributed by atoms with Crippen LogP contribution in [0.4, 0.5) is 5.69 Å². The Balaban J connectivity index is 1.61. The molecular formula is C24H22BrN3O4. The number of hydrogen-bond acceptors (Lipinski definition) is 5. The monoisotopic (exact) mass is 495 g/mol. The number of rotatable bonds is 3. The molecule has 0 radical (unpaired) electrons. The van der Waals surface area contributed by atoms with Gasteiger partial charge >= 0.3 is 5.91 Å². The molecular weight excluding hydrogens is 474 g/mol. The van der Waals surface area contributed by atoms with E-state index in [1.165, 1.54) is 4.57 Å². The van der Waals surface area contributed by atoms with Crippen LogP contribution in [0.15, 0.2) is 51.1 Å². The fourth-order valence-corrected chi connectivity index (χ4v) is 3.83. The summed E-state index contributed by atoms with van der Waals surface area (Å²) in [6.45, 7) is 6.46. The Morgan fingerprint density at radius 2 is 2.06 bits per heavy atom. The SMILES string of the molecule is C#CCn1c(O)c(N=NC(=O)C2COc3ccc(C(C)(C)C)cc3O2)c2cc(Br)ccc21. The van der Waals surface area contributed by atoms with E-state index in [1.807, 2.05) is 24.3 Å². The standard InChI is InChI=1S/C24H22BrN3O4/c1-5-10-28-17-8-7-15(25)12-16(17)21(23(28)30)26-27-22(29)20-13-31-18-9-6-14(24(2,3)4)11-19(18)32-20/h1,6-9,11-12,20,30H,10,13H2,2-4H3. The van der Waals surface area contributed by atoms with E-state index < -0.39 is 12.0 Å². The first kappa shape index (κ1) is 21.9. The minimum Gasteiger partial charge on any atom is -0.493 e. The molecule has 0 bridgehead atoms. The molecule has 0 saturated heterocycles. The first-order chi connectivity index (χ1) is 15.2. The molecule has 8 heteroatoms. The quantitative estimate of drug-likeness (QED) is 0.384. The van der Waals surface area contributed by atoms with Crippen LogP contribution in [0.2, 0.25) is 0 Å². The highest BCUT2D eigenvalue weighted by atomic mass is 79.9. The Morgan fingerprint density at radius 3 is 2.78 bits per heavy atom. The fraction of sp³-hybridized carbons (Fsp3) is 0.292. The first-order valence-electron chi connectivity index (χ1n) is 10.0. The molecule has 1 aliphatic rings. The second-order valence-corrected chi connectivity index (χ2v) is 9.41. The fourth-order valence-electron chi connectivity index (χ4n) is 3.47. The van der Waals surface area contributed by atoms with Crippen molar-refractivity contribution in [2.45, 2.75) is 38.8 Å². The van der Waals surface area contributed by atoms with E-state index in [1.54, 1.807) is 12.1 Å². The number of hydrogen-bond donors (Lipinski definition) is 1. The van der Waals surface area contributed by atoms with Crippen molar-refractivity contribution in [2.24, 2.45) is 10.2 Å². The van der Waals surface area contributed by atoms with E-state index in [4.69, 9.17) is 15.9 Å². The third-order valence-corrected chi connectivity index (χ3v) is 5.71. The maximum Gasteiger partial charge on any atom is 0.308 e. The Morgan fingerprint density at radius 1 is 1.28 bits per heavy atom. The lowest BCUT2D eigenvalue weighted by Gasteiger charge is -2.27.